The van der Waals surface area contributed by atoms with Crippen molar-refractivity contribution in [3.05, 3.63) is 24.3 Å². The third-order valence-electron chi connectivity index (χ3n) is 7.08. The van der Waals surface area contributed by atoms with Gasteiger partial charge >= 0.3 is 0 Å². The van der Waals surface area contributed by atoms with Gasteiger partial charge in [-0.05, 0) is 68.3 Å². The number of allylic oxidation sites excluding steroid dienone is 2. The molecule has 0 unspecified atom stereocenters. The molecule has 0 amide bonds. The van der Waals surface area contributed by atoms with Gasteiger partial charge in [0.2, 0.25) is 0 Å². The predicted octanol–water partition coefficient (Wildman–Crippen LogP) is 4.68. The average molecular weight is 304 g/mol. The van der Waals surface area contributed by atoms with E-state index in [9.17, 15) is 9.90 Å². The lowest BCUT2D eigenvalue weighted by Gasteiger charge is -2.58. The van der Waals surface area contributed by atoms with Crippen molar-refractivity contribution in [1.82, 2.24) is 0 Å². The summed E-state index contributed by atoms with van der Waals surface area (Å²) in [5, 5.41) is 10.3. The van der Waals surface area contributed by atoms with E-state index in [4.69, 9.17) is 0 Å². The quantitative estimate of drug-likeness (QED) is 0.766. The predicted molar refractivity (Wildman–Crippen MR) is 91.5 cm³/mol. The van der Waals surface area contributed by atoms with E-state index in [1.807, 2.05) is 13.0 Å². The molecule has 0 radical (unpaired) electrons. The Labute approximate surface area is 135 Å². The number of hydrogen-bond acceptors (Lipinski definition) is 2. The molecule has 2 aliphatic rings. The standard InChI is InChI=1S/C20H32O2/c1-7-18(4,22)10-11-20(6)14(2)8-9-19(5)15(3)12-16(21)13-17(19)20/h7,12,14,17,22H,1,8-11,13H2,2-6H3/t14-,17+,18-,19-,20-/m0/s1. The Morgan fingerprint density at radius 2 is 2.14 bits per heavy atom. The molecular weight excluding hydrogens is 272 g/mol. The molecule has 22 heavy (non-hydrogen) atoms. The highest BCUT2D eigenvalue weighted by atomic mass is 16.3. The molecule has 124 valence electrons. The number of ketones is 1. The fraction of sp³-hybridized carbons (Fsp3) is 0.750. The lowest BCUT2D eigenvalue weighted by Crippen LogP contribution is -2.51. The molecule has 2 nitrogen and oxygen atoms in total. The second-order valence-electron chi connectivity index (χ2n) is 8.47. The summed E-state index contributed by atoms with van der Waals surface area (Å²) in [6.07, 6.45) is 8.17. The van der Waals surface area contributed by atoms with Gasteiger partial charge in [0.15, 0.2) is 5.78 Å². The topological polar surface area (TPSA) is 37.3 Å². The van der Waals surface area contributed by atoms with Crippen molar-refractivity contribution in [2.75, 3.05) is 0 Å². The van der Waals surface area contributed by atoms with E-state index in [1.165, 1.54) is 18.4 Å². The molecule has 1 N–H and O–H groups in total. The van der Waals surface area contributed by atoms with Gasteiger partial charge in [-0.3, -0.25) is 4.79 Å². The van der Waals surface area contributed by atoms with Crippen molar-refractivity contribution in [1.29, 1.82) is 0 Å². The third-order valence-corrected chi connectivity index (χ3v) is 7.08. The van der Waals surface area contributed by atoms with E-state index in [2.05, 4.69) is 34.3 Å². The van der Waals surface area contributed by atoms with E-state index < -0.39 is 5.60 Å². The average Bonchev–Trinajstić information content (AvgIpc) is 2.45. The minimum Gasteiger partial charge on any atom is -0.386 e. The van der Waals surface area contributed by atoms with Crippen molar-refractivity contribution < 1.29 is 9.90 Å². The summed E-state index contributed by atoms with van der Waals surface area (Å²) in [5.41, 5.74) is 0.655. The first-order valence-electron chi connectivity index (χ1n) is 8.63. The largest absolute Gasteiger partial charge is 0.386 e. The van der Waals surface area contributed by atoms with Gasteiger partial charge in [-0.15, -0.1) is 6.58 Å². The van der Waals surface area contributed by atoms with Crippen molar-refractivity contribution >= 4 is 5.78 Å². The minimum absolute atomic E-state index is 0.0885. The SMILES string of the molecule is C=C[C@](C)(O)CC[C@@]1(C)[C@@H](C)CC[C@@]2(C)C(C)=CC(=O)C[C@@H]12. The van der Waals surface area contributed by atoms with Crippen LogP contribution < -0.4 is 0 Å². The molecule has 0 bridgehead atoms. The summed E-state index contributed by atoms with van der Waals surface area (Å²) in [7, 11) is 0. The summed E-state index contributed by atoms with van der Waals surface area (Å²) in [6, 6.07) is 0. The Morgan fingerprint density at radius 3 is 2.73 bits per heavy atom. The zero-order valence-corrected chi connectivity index (χ0v) is 14.9. The molecule has 0 spiro atoms. The van der Waals surface area contributed by atoms with Crippen LogP contribution in [0.2, 0.25) is 0 Å². The van der Waals surface area contributed by atoms with Crippen LogP contribution in [-0.4, -0.2) is 16.5 Å². The Morgan fingerprint density at radius 1 is 1.50 bits per heavy atom. The highest BCUT2D eigenvalue weighted by Gasteiger charge is 2.54. The van der Waals surface area contributed by atoms with E-state index >= 15 is 0 Å². The first-order chi connectivity index (χ1) is 10.0. The molecule has 2 heteroatoms. The fourth-order valence-electron chi connectivity index (χ4n) is 4.73. The normalized spacial score (nSPS) is 41.4. The smallest absolute Gasteiger partial charge is 0.155 e. The van der Waals surface area contributed by atoms with Crippen molar-refractivity contribution in [2.45, 2.75) is 72.3 Å². The third kappa shape index (κ3) is 2.82. The second kappa shape index (κ2) is 5.63. The zero-order valence-electron chi connectivity index (χ0n) is 14.9. The summed E-state index contributed by atoms with van der Waals surface area (Å²) in [4.78, 5) is 12.2. The second-order valence-corrected chi connectivity index (χ2v) is 8.47. The van der Waals surface area contributed by atoms with Crippen LogP contribution in [0.25, 0.3) is 0 Å². The van der Waals surface area contributed by atoms with Crippen molar-refractivity contribution in [3.63, 3.8) is 0 Å². The summed E-state index contributed by atoms with van der Waals surface area (Å²) in [6.45, 7) is 14.7. The number of carbonyl (C=O) groups excluding carboxylic acids is 1. The van der Waals surface area contributed by atoms with Crippen LogP contribution in [0.4, 0.5) is 0 Å². The van der Waals surface area contributed by atoms with E-state index in [0.29, 0.717) is 24.7 Å². The number of hydrogen-bond donors (Lipinski definition) is 1. The summed E-state index contributed by atoms with van der Waals surface area (Å²) < 4.78 is 0. The Bertz CT molecular complexity index is 502. The highest BCUT2D eigenvalue weighted by molar-refractivity contribution is 5.92. The molecule has 0 aliphatic heterocycles. The fourth-order valence-corrected chi connectivity index (χ4v) is 4.73. The highest BCUT2D eigenvalue weighted by Crippen LogP contribution is 2.61. The Balaban J connectivity index is 2.34. The summed E-state index contributed by atoms with van der Waals surface area (Å²) >= 11 is 0. The van der Waals surface area contributed by atoms with Crippen molar-refractivity contribution in [2.24, 2.45) is 22.7 Å². The van der Waals surface area contributed by atoms with Crippen LogP contribution in [-0.2, 0) is 4.79 Å². The Kier molecular flexibility index (Phi) is 4.47. The van der Waals surface area contributed by atoms with Gasteiger partial charge in [-0.25, -0.2) is 0 Å². The molecule has 0 aromatic rings. The van der Waals surface area contributed by atoms with Crippen LogP contribution in [0.3, 0.4) is 0 Å². The van der Waals surface area contributed by atoms with Gasteiger partial charge in [0.1, 0.15) is 0 Å². The van der Waals surface area contributed by atoms with Gasteiger partial charge < -0.3 is 5.11 Å². The van der Waals surface area contributed by atoms with E-state index in [-0.39, 0.29) is 16.6 Å². The first-order valence-corrected chi connectivity index (χ1v) is 8.63. The number of rotatable bonds is 4. The van der Waals surface area contributed by atoms with E-state index in [0.717, 1.165) is 6.42 Å². The van der Waals surface area contributed by atoms with Crippen LogP contribution in [0, 0.1) is 22.7 Å². The molecular formula is C20H32O2. The first kappa shape index (κ1) is 17.5. The van der Waals surface area contributed by atoms with Gasteiger partial charge in [0, 0.05) is 6.42 Å². The lowest BCUT2D eigenvalue weighted by molar-refractivity contribution is -0.124. The molecule has 0 heterocycles. The van der Waals surface area contributed by atoms with Gasteiger partial charge in [-0.2, -0.15) is 0 Å². The molecule has 1 saturated carbocycles. The molecule has 0 aromatic carbocycles. The maximum atomic E-state index is 12.2. The Hall–Kier alpha value is -0.890. The zero-order chi connectivity index (χ0) is 16.8. The van der Waals surface area contributed by atoms with Gasteiger partial charge in [-0.1, -0.05) is 32.4 Å². The number of fused-ring (bicyclic) bond motifs is 1. The monoisotopic (exact) mass is 304 g/mol. The number of aliphatic hydroxyl groups is 1. The lowest BCUT2D eigenvalue weighted by atomic mass is 9.46. The summed E-state index contributed by atoms with van der Waals surface area (Å²) in [5.74, 6) is 1.22. The molecule has 0 saturated heterocycles. The van der Waals surface area contributed by atoms with Gasteiger partial charge in [0.25, 0.3) is 0 Å². The van der Waals surface area contributed by atoms with Crippen molar-refractivity contribution in [3.8, 4) is 0 Å². The molecule has 2 rings (SSSR count). The van der Waals surface area contributed by atoms with Crippen LogP contribution in [0.1, 0.15) is 66.7 Å². The molecule has 5 atom stereocenters. The van der Waals surface area contributed by atoms with Crippen LogP contribution >= 0.6 is 0 Å². The number of carbonyl (C=O) groups is 1. The maximum absolute atomic E-state index is 12.2. The van der Waals surface area contributed by atoms with Gasteiger partial charge in [0.05, 0.1) is 5.60 Å². The molecule has 1 fully saturated rings. The van der Waals surface area contributed by atoms with Crippen LogP contribution in [0.15, 0.2) is 24.3 Å². The maximum Gasteiger partial charge on any atom is 0.155 e. The van der Waals surface area contributed by atoms with E-state index in [1.54, 1.807) is 6.08 Å². The minimum atomic E-state index is -0.819. The molecule has 2 aliphatic carbocycles. The molecule has 0 aromatic heterocycles. The van der Waals surface area contributed by atoms with Crippen LogP contribution in [0.5, 0.6) is 0 Å².